The number of hydrogen-bond acceptors (Lipinski definition) is 4. The van der Waals surface area contributed by atoms with E-state index in [9.17, 15) is 9.59 Å². The lowest BCUT2D eigenvalue weighted by Gasteiger charge is -2.33. The average molecular weight is 325 g/mol. The van der Waals surface area contributed by atoms with Crippen LogP contribution in [-0.2, 0) is 9.59 Å². The average Bonchev–Trinajstić information content (AvgIpc) is 3.20. The fraction of sp³-hybridized carbons (Fsp3) is 0.875. The number of rotatable bonds is 3. The van der Waals surface area contributed by atoms with Crippen LogP contribution in [0.5, 0.6) is 0 Å². The van der Waals surface area contributed by atoms with E-state index in [1.54, 1.807) is 11.8 Å². The zero-order valence-corrected chi connectivity index (χ0v) is 14.2. The first-order valence-electron chi connectivity index (χ1n) is 8.59. The van der Waals surface area contributed by atoms with E-state index < -0.39 is 0 Å². The first-order valence-corrected chi connectivity index (χ1v) is 9.74. The molecule has 0 aromatic heterocycles. The van der Waals surface area contributed by atoms with Gasteiger partial charge in [-0.3, -0.25) is 9.59 Å². The highest BCUT2D eigenvalue weighted by Gasteiger charge is 2.39. The molecule has 2 N–H and O–H groups in total. The van der Waals surface area contributed by atoms with E-state index in [1.807, 2.05) is 4.90 Å². The predicted molar refractivity (Wildman–Crippen MR) is 88.5 cm³/mol. The number of nitrogens with one attached hydrogen (secondary N) is 2. The third-order valence-electron chi connectivity index (χ3n) is 5.26. The van der Waals surface area contributed by atoms with Crippen molar-refractivity contribution < 1.29 is 9.59 Å². The summed E-state index contributed by atoms with van der Waals surface area (Å²) in [5, 5.41) is 6.58. The molecule has 3 fully saturated rings. The van der Waals surface area contributed by atoms with Crippen molar-refractivity contribution in [1.82, 2.24) is 15.5 Å². The van der Waals surface area contributed by atoms with Crippen molar-refractivity contribution in [3.8, 4) is 0 Å². The smallest absolute Gasteiger partial charge is 0.243 e. The Bertz CT molecular complexity index is 426. The molecule has 3 rings (SSSR count). The zero-order chi connectivity index (χ0) is 15.5. The fourth-order valence-electron chi connectivity index (χ4n) is 3.80. The minimum absolute atomic E-state index is 0.0388. The van der Waals surface area contributed by atoms with Crippen molar-refractivity contribution in [2.45, 2.75) is 63.6 Å². The number of nitrogens with zero attached hydrogens (tertiary/aromatic N) is 1. The van der Waals surface area contributed by atoms with Gasteiger partial charge in [0.15, 0.2) is 0 Å². The minimum atomic E-state index is -0.271. The second-order valence-electron chi connectivity index (χ2n) is 6.81. The zero-order valence-electron chi connectivity index (χ0n) is 13.3. The lowest BCUT2D eigenvalue weighted by Crippen LogP contribution is -2.56. The Hall–Kier alpha value is -0.750. The molecule has 0 aromatic carbocycles. The Morgan fingerprint density at radius 1 is 1.18 bits per heavy atom. The first kappa shape index (κ1) is 16.1. The lowest BCUT2D eigenvalue weighted by atomic mass is 9.99. The third-order valence-corrected chi connectivity index (χ3v) is 6.27. The van der Waals surface area contributed by atoms with Gasteiger partial charge in [-0.2, -0.15) is 0 Å². The molecular formula is C16H27N3O2S. The summed E-state index contributed by atoms with van der Waals surface area (Å²) in [7, 11) is 0. The minimum Gasteiger partial charge on any atom is -0.350 e. The van der Waals surface area contributed by atoms with Crippen LogP contribution < -0.4 is 10.6 Å². The second-order valence-corrected chi connectivity index (χ2v) is 7.80. The van der Waals surface area contributed by atoms with Gasteiger partial charge in [-0.05, 0) is 39.2 Å². The van der Waals surface area contributed by atoms with Gasteiger partial charge in [0.1, 0.15) is 6.04 Å². The Labute approximate surface area is 137 Å². The summed E-state index contributed by atoms with van der Waals surface area (Å²) in [6.07, 6.45) is 6.42. The van der Waals surface area contributed by atoms with E-state index in [0.29, 0.717) is 11.9 Å². The number of piperidine rings is 1. The molecule has 0 spiro atoms. The topological polar surface area (TPSA) is 61.4 Å². The van der Waals surface area contributed by atoms with Gasteiger partial charge in [0, 0.05) is 23.8 Å². The van der Waals surface area contributed by atoms with Crippen LogP contribution in [0.25, 0.3) is 0 Å². The van der Waals surface area contributed by atoms with Crippen LogP contribution in [0.4, 0.5) is 0 Å². The number of carbonyl (C=O) groups is 2. The number of hydrogen-bond donors (Lipinski definition) is 2. The summed E-state index contributed by atoms with van der Waals surface area (Å²) in [4.78, 5) is 27.1. The first-order chi connectivity index (χ1) is 10.7. The molecule has 3 aliphatic rings. The van der Waals surface area contributed by atoms with E-state index in [4.69, 9.17) is 0 Å². The molecule has 0 bridgehead atoms. The molecule has 22 heavy (non-hydrogen) atoms. The van der Waals surface area contributed by atoms with Crippen LogP contribution in [0.1, 0.15) is 45.4 Å². The van der Waals surface area contributed by atoms with E-state index in [-0.39, 0.29) is 29.8 Å². The van der Waals surface area contributed by atoms with Gasteiger partial charge in [0.25, 0.3) is 0 Å². The lowest BCUT2D eigenvalue weighted by molar-refractivity contribution is -0.141. The molecule has 6 heteroatoms. The normalized spacial score (nSPS) is 33.1. The van der Waals surface area contributed by atoms with Crippen LogP contribution in [0.3, 0.4) is 0 Å². The largest absolute Gasteiger partial charge is 0.350 e. The standard InChI is InChI=1S/C16H27N3O2S/c1-11-13(7-4-8-17-11)18-15(20)14-9-22-10-19(14)16(21)12-5-2-3-6-12/h11-14,17H,2-10H2,1H3,(H,18,20). The second kappa shape index (κ2) is 7.21. The van der Waals surface area contributed by atoms with Crippen LogP contribution in [0.15, 0.2) is 0 Å². The maximum Gasteiger partial charge on any atom is 0.243 e. The van der Waals surface area contributed by atoms with Gasteiger partial charge >= 0.3 is 0 Å². The van der Waals surface area contributed by atoms with Crippen molar-refractivity contribution in [2.75, 3.05) is 18.2 Å². The predicted octanol–water partition coefficient (Wildman–Crippen LogP) is 1.33. The van der Waals surface area contributed by atoms with Gasteiger partial charge in [-0.1, -0.05) is 12.8 Å². The SMILES string of the molecule is CC1NCCCC1NC(=O)C1CSCN1C(=O)C1CCCC1. The van der Waals surface area contributed by atoms with Crippen molar-refractivity contribution in [3.63, 3.8) is 0 Å². The van der Waals surface area contributed by atoms with E-state index in [2.05, 4.69) is 17.6 Å². The number of thioether (sulfide) groups is 1. The van der Waals surface area contributed by atoms with Gasteiger partial charge < -0.3 is 15.5 Å². The molecule has 0 radical (unpaired) electrons. The van der Waals surface area contributed by atoms with E-state index >= 15 is 0 Å². The summed E-state index contributed by atoms with van der Waals surface area (Å²) in [5.41, 5.74) is 0. The molecule has 5 nitrogen and oxygen atoms in total. The van der Waals surface area contributed by atoms with Crippen molar-refractivity contribution in [2.24, 2.45) is 5.92 Å². The summed E-state index contributed by atoms with van der Waals surface area (Å²) in [6.45, 7) is 3.15. The summed E-state index contributed by atoms with van der Waals surface area (Å²) in [5.74, 6) is 1.81. The molecule has 3 atom stereocenters. The molecule has 1 aliphatic carbocycles. The highest BCUT2D eigenvalue weighted by atomic mass is 32.2. The highest BCUT2D eigenvalue weighted by molar-refractivity contribution is 7.99. The maximum absolute atomic E-state index is 12.6. The number of carbonyl (C=O) groups excluding carboxylic acids is 2. The highest BCUT2D eigenvalue weighted by Crippen LogP contribution is 2.30. The Balaban J connectivity index is 1.59. The van der Waals surface area contributed by atoms with Crippen LogP contribution in [-0.4, -0.2) is 53.0 Å². The third kappa shape index (κ3) is 3.43. The van der Waals surface area contributed by atoms with Gasteiger partial charge in [-0.25, -0.2) is 0 Å². The molecular weight excluding hydrogens is 298 g/mol. The van der Waals surface area contributed by atoms with Crippen LogP contribution >= 0.6 is 11.8 Å². The molecule has 124 valence electrons. The van der Waals surface area contributed by atoms with Gasteiger partial charge in [0.05, 0.1) is 5.88 Å². The monoisotopic (exact) mass is 325 g/mol. The van der Waals surface area contributed by atoms with Crippen molar-refractivity contribution >= 4 is 23.6 Å². The quantitative estimate of drug-likeness (QED) is 0.822. The molecule has 0 aromatic rings. The van der Waals surface area contributed by atoms with E-state index in [0.717, 1.165) is 50.8 Å². The Morgan fingerprint density at radius 3 is 2.68 bits per heavy atom. The van der Waals surface area contributed by atoms with Gasteiger partial charge in [0.2, 0.25) is 11.8 Å². The summed E-state index contributed by atoms with van der Waals surface area (Å²) >= 11 is 1.70. The Kier molecular flexibility index (Phi) is 5.29. The molecule has 1 saturated carbocycles. The van der Waals surface area contributed by atoms with Crippen molar-refractivity contribution in [1.29, 1.82) is 0 Å². The molecule has 2 saturated heterocycles. The summed E-state index contributed by atoms with van der Waals surface area (Å²) in [6, 6.07) is 0.230. The van der Waals surface area contributed by atoms with Gasteiger partial charge in [-0.15, -0.1) is 11.8 Å². The number of amides is 2. The molecule has 2 heterocycles. The fourth-order valence-corrected chi connectivity index (χ4v) is 4.97. The van der Waals surface area contributed by atoms with E-state index in [1.165, 1.54) is 0 Å². The maximum atomic E-state index is 12.6. The molecule has 2 aliphatic heterocycles. The van der Waals surface area contributed by atoms with Crippen LogP contribution in [0, 0.1) is 5.92 Å². The molecule has 3 unspecified atom stereocenters. The van der Waals surface area contributed by atoms with Crippen molar-refractivity contribution in [3.05, 3.63) is 0 Å². The van der Waals surface area contributed by atoms with Crippen LogP contribution in [0.2, 0.25) is 0 Å². The summed E-state index contributed by atoms with van der Waals surface area (Å²) < 4.78 is 0. The Morgan fingerprint density at radius 2 is 1.95 bits per heavy atom. The molecule has 2 amide bonds.